The van der Waals surface area contributed by atoms with Gasteiger partial charge in [-0.15, -0.1) is 0 Å². The number of nitrogens with one attached hydrogen (secondary N) is 2. The molecule has 0 fully saturated rings. The number of nitrogens with zero attached hydrogens (tertiary/aromatic N) is 2. The van der Waals surface area contributed by atoms with Crippen molar-refractivity contribution >= 4 is 23.9 Å². The molecule has 0 spiro atoms. The van der Waals surface area contributed by atoms with Crippen molar-refractivity contribution < 1.29 is 14.3 Å². The summed E-state index contributed by atoms with van der Waals surface area (Å²) in [6.07, 6.45) is 3.29. The van der Waals surface area contributed by atoms with Gasteiger partial charge in [0.15, 0.2) is 0 Å². The minimum atomic E-state index is -0.527. The van der Waals surface area contributed by atoms with Gasteiger partial charge < -0.3 is 15.0 Å². The normalized spacial score (nSPS) is 12.6. The van der Waals surface area contributed by atoms with Crippen LogP contribution < -0.4 is 15.6 Å². The number of para-hydroxylation sites is 1. The number of hydrogen-bond donors (Lipinski definition) is 2. The summed E-state index contributed by atoms with van der Waals surface area (Å²) < 4.78 is 5.17. The van der Waals surface area contributed by atoms with Gasteiger partial charge >= 0.3 is 6.09 Å². The summed E-state index contributed by atoms with van der Waals surface area (Å²) in [6, 6.07) is 9.70. The molecule has 1 rings (SSSR count). The fourth-order valence-electron chi connectivity index (χ4n) is 2.95. The Morgan fingerprint density at radius 2 is 1.87 bits per heavy atom. The molecule has 30 heavy (non-hydrogen) atoms. The molecule has 1 aromatic rings. The van der Waals surface area contributed by atoms with Gasteiger partial charge in [-0.2, -0.15) is 5.10 Å². The third kappa shape index (κ3) is 10.3. The molecule has 0 saturated carbocycles. The maximum absolute atomic E-state index is 12.9. The zero-order valence-electron chi connectivity index (χ0n) is 19.3. The molecule has 2 N–H and O–H groups in total. The predicted molar refractivity (Wildman–Crippen MR) is 123 cm³/mol. The van der Waals surface area contributed by atoms with Crippen LogP contribution in [0, 0.1) is 5.92 Å². The Bertz CT molecular complexity index is 669. The number of amides is 2. The van der Waals surface area contributed by atoms with Crippen molar-refractivity contribution in [2.45, 2.75) is 72.4 Å². The van der Waals surface area contributed by atoms with E-state index in [4.69, 9.17) is 4.74 Å². The highest BCUT2D eigenvalue weighted by molar-refractivity contribution is 5.85. The van der Waals surface area contributed by atoms with E-state index < -0.39 is 11.7 Å². The second-order valence-corrected chi connectivity index (χ2v) is 8.68. The third-order valence-corrected chi connectivity index (χ3v) is 4.13. The van der Waals surface area contributed by atoms with Crippen LogP contribution in [0.3, 0.4) is 0 Å². The van der Waals surface area contributed by atoms with E-state index in [0.29, 0.717) is 18.9 Å². The highest BCUT2D eigenvalue weighted by Gasteiger charge is 2.26. The van der Waals surface area contributed by atoms with Crippen LogP contribution in [0.5, 0.6) is 0 Å². The Hall–Kier alpha value is -2.57. The number of benzene rings is 1. The molecule has 0 bridgehead atoms. The average molecular weight is 419 g/mol. The molecule has 0 aliphatic rings. The van der Waals surface area contributed by atoms with E-state index in [-0.39, 0.29) is 11.9 Å². The first kappa shape index (κ1) is 25.5. The molecular formula is C23H38N4O3. The molecule has 168 valence electrons. The lowest BCUT2D eigenvalue weighted by Gasteiger charge is -2.33. The molecule has 0 heterocycles. The van der Waals surface area contributed by atoms with Gasteiger partial charge in [0, 0.05) is 31.4 Å². The van der Waals surface area contributed by atoms with Gasteiger partial charge in [0.05, 0.1) is 0 Å². The van der Waals surface area contributed by atoms with Gasteiger partial charge in [-0.1, -0.05) is 39.0 Å². The van der Waals surface area contributed by atoms with E-state index >= 15 is 0 Å². The number of hydrazone groups is 1. The fraction of sp³-hybridized carbons (Fsp3) is 0.609. The van der Waals surface area contributed by atoms with Crippen LogP contribution in [0.15, 0.2) is 35.4 Å². The van der Waals surface area contributed by atoms with Crippen molar-refractivity contribution in [1.82, 2.24) is 10.7 Å². The van der Waals surface area contributed by atoms with Crippen LogP contribution in [0.1, 0.15) is 60.8 Å². The van der Waals surface area contributed by atoms with Crippen LogP contribution >= 0.6 is 0 Å². The Morgan fingerprint density at radius 1 is 1.20 bits per heavy atom. The van der Waals surface area contributed by atoms with Crippen LogP contribution in [-0.2, 0) is 9.53 Å². The average Bonchev–Trinajstić information content (AvgIpc) is 2.66. The van der Waals surface area contributed by atoms with Crippen molar-refractivity contribution in [2.24, 2.45) is 11.0 Å². The minimum absolute atomic E-state index is 0.127. The number of carbonyl (C=O) groups is 2. The lowest BCUT2D eigenvalue weighted by molar-refractivity contribution is -0.122. The van der Waals surface area contributed by atoms with Crippen LogP contribution in [-0.4, -0.2) is 42.9 Å². The van der Waals surface area contributed by atoms with E-state index in [1.165, 1.54) is 0 Å². The summed E-state index contributed by atoms with van der Waals surface area (Å²) in [7, 11) is 0. The number of ether oxygens (including phenoxy) is 1. The molecular weight excluding hydrogens is 380 g/mol. The summed E-state index contributed by atoms with van der Waals surface area (Å²) in [4.78, 5) is 26.7. The molecule has 7 nitrogen and oxygen atoms in total. The van der Waals surface area contributed by atoms with Crippen molar-refractivity contribution in [1.29, 1.82) is 0 Å². The molecule has 1 atom stereocenters. The molecule has 0 saturated heterocycles. The number of alkyl carbamates (subject to hydrolysis) is 1. The monoisotopic (exact) mass is 418 g/mol. The standard InChI is InChI=1S/C23H38N4O3/c1-7-16-27(19-12-9-8-10-13-19)20(17-18(2)3)21(28)26-25-15-11-14-24-22(29)30-23(4,5)6/h8-10,12-13,15,18,20H,7,11,14,16-17H2,1-6H3,(H,24,29)(H,26,28)/t20-/m0/s1. The molecule has 0 aliphatic heterocycles. The van der Waals surface area contributed by atoms with Gasteiger partial charge in [0.1, 0.15) is 11.6 Å². The number of rotatable bonds is 11. The first-order valence-electron chi connectivity index (χ1n) is 10.7. The summed E-state index contributed by atoms with van der Waals surface area (Å²) >= 11 is 0. The lowest BCUT2D eigenvalue weighted by atomic mass is 10.0. The van der Waals surface area contributed by atoms with Gasteiger partial charge in [-0.3, -0.25) is 4.79 Å². The van der Waals surface area contributed by atoms with Gasteiger partial charge in [0.2, 0.25) is 0 Å². The molecule has 0 aliphatic carbocycles. The molecule has 0 radical (unpaired) electrons. The Kier molecular flexibility index (Phi) is 10.9. The Morgan fingerprint density at radius 3 is 2.43 bits per heavy atom. The number of anilines is 1. The van der Waals surface area contributed by atoms with Gasteiger partial charge in [-0.05, 0) is 51.7 Å². The summed E-state index contributed by atoms with van der Waals surface area (Å²) in [5.41, 5.74) is 3.17. The Balaban J connectivity index is 2.64. The molecule has 7 heteroatoms. The number of carbonyl (C=O) groups excluding carboxylic acids is 2. The highest BCUT2D eigenvalue weighted by atomic mass is 16.6. The van der Waals surface area contributed by atoms with Crippen LogP contribution in [0.4, 0.5) is 10.5 Å². The first-order valence-corrected chi connectivity index (χ1v) is 10.7. The highest BCUT2D eigenvalue weighted by Crippen LogP contribution is 2.21. The van der Waals surface area contributed by atoms with Crippen molar-refractivity contribution in [3.8, 4) is 0 Å². The fourth-order valence-corrected chi connectivity index (χ4v) is 2.95. The number of hydrogen-bond acceptors (Lipinski definition) is 5. The van der Waals surface area contributed by atoms with Gasteiger partial charge in [-0.25, -0.2) is 10.2 Å². The Labute approximate surface area is 181 Å². The topological polar surface area (TPSA) is 83.0 Å². The maximum Gasteiger partial charge on any atom is 0.407 e. The molecule has 2 amide bonds. The smallest absolute Gasteiger partial charge is 0.407 e. The van der Waals surface area contributed by atoms with E-state index in [2.05, 4.69) is 41.5 Å². The largest absolute Gasteiger partial charge is 0.444 e. The van der Waals surface area contributed by atoms with E-state index in [1.807, 2.05) is 51.1 Å². The van der Waals surface area contributed by atoms with Gasteiger partial charge in [0.25, 0.3) is 5.91 Å². The van der Waals surface area contributed by atoms with Crippen molar-refractivity contribution in [3.05, 3.63) is 30.3 Å². The molecule has 0 aromatic heterocycles. The van der Waals surface area contributed by atoms with Crippen molar-refractivity contribution in [2.75, 3.05) is 18.0 Å². The molecule has 0 unspecified atom stereocenters. The van der Waals surface area contributed by atoms with Crippen LogP contribution in [0.2, 0.25) is 0 Å². The lowest BCUT2D eigenvalue weighted by Crippen LogP contribution is -2.47. The summed E-state index contributed by atoms with van der Waals surface area (Å²) in [5.74, 6) is 0.239. The first-order chi connectivity index (χ1) is 14.1. The third-order valence-electron chi connectivity index (χ3n) is 4.13. The molecule has 1 aromatic carbocycles. The van der Waals surface area contributed by atoms with Crippen molar-refractivity contribution in [3.63, 3.8) is 0 Å². The van der Waals surface area contributed by atoms with Crippen LogP contribution in [0.25, 0.3) is 0 Å². The summed E-state index contributed by atoms with van der Waals surface area (Å²) in [6.45, 7) is 12.9. The summed E-state index contributed by atoms with van der Waals surface area (Å²) in [5, 5.41) is 6.72. The second kappa shape index (κ2) is 12.9. The van der Waals surface area contributed by atoms with E-state index in [9.17, 15) is 9.59 Å². The zero-order chi connectivity index (χ0) is 22.6. The maximum atomic E-state index is 12.9. The predicted octanol–water partition coefficient (Wildman–Crippen LogP) is 4.33. The minimum Gasteiger partial charge on any atom is -0.444 e. The quantitative estimate of drug-likeness (QED) is 0.318. The van der Waals surface area contributed by atoms with E-state index in [0.717, 1.165) is 25.1 Å². The van der Waals surface area contributed by atoms with E-state index in [1.54, 1.807) is 6.21 Å². The zero-order valence-corrected chi connectivity index (χ0v) is 19.3. The second-order valence-electron chi connectivity index (χ2n) is 8.68. The SMILES string of the molecule is CCCN(c1ccccc1)[C@@H](CC(C)C)C(=O)NN=CCCNC(=O)OC(C)(C)C.